The molecule has 2 heterocycles. The van der Waals surface area contributed by atoms with Crippen molar-refractivity contribution in [1.82, 2.24) is 10.4 Å². The smallest absolute Gasteiger partial charge is 0.286 e. The third-order valence-corrected chi connectivity index (χ3v) is 7.00. The van der Waals surface area contributed by atoms with Crippen molar-refractivity contribution in [2.75, 3.05) is 4.90 Å². The molecular weight excluding hydrogens is 466 g/mol. The molecule has 2 aliphatic rings. The van der Waals surface area contributed by atoms with Gasteiger partial charge in [-0.05, 0) is 42.9 Å². The summed E-state index contributed by atoms with van der Waals surface area (Å²) in [4.78, 5) is 41.4. The molecule has 1 saturated heterocycles. The molecule has 8 heteroatoms. The summed E-state index contributed by atoms with van der Waals surface area (Å²) in [6, 6.07) is 23.9. The van der Waals surface area contributed by atoms with Crippen molar-refractivity contribution in [2.45, 2.75) is 13.5 Å². The van der Waals surface area contributed by atoms with Gasteiger partial charge < -0.3 is 4.90 Å². The van der Waals surface area contributed by atoms with Gasteiger partial charge in [0.1, 0.15) is 0 Å². The summed E-state index contributed by atoms with van der Waals surface area (Å²) in [7, 11) is 0. The highest BCUT2D eigenvalue weighted by atomic mass is 32.2. The average Bonchev–Trinajstić information content (AvgIpc) is 3.28. The molecule has 168 valence electrons. The summed E-state index contributed by atoms with van der Waals surface area (Å²) in [6.07, 6.45) is 0. The summed E-state index contributed by atoms with van der Waals surface area (Å²) < 4.78 is 0.166. The molecule has 3 aromatic rings. The lowest BCUT2D eigenvalue weighted by Gasteiger charge is -2.17. The van der Waals surface area contributed by atoms with Crippen molar-refractivity contribution in [2.24, 2.45) is 0 Å². The van der Waals surface area contributed by atoms with Gasteiger partial charge in [0.05, 0.1) is 22.7 Å². The fourth-order valence-electron chi connectivity index (χ4n) is 3.90. The number of carbonyl (C=O) groups is 3. The maximum Gasteiger partial charge on any atom is 0.286 e. The van der Waals surface area contributed by atoms with E-state index in [4.69, 9.17) is 12.2 Å². The van der Waals surface area contributed by atoms with E-state index in [1.54, 1.807) is 35.2 Å². The molecule has 0 aromatic heterocycles. The molecule has 3 amide bonds. The molecule has 2 aliphatic heterocycles. The fraction of sp³-hybridized carbons (Fsp3) is 0.0769. The largest absolute Gasteiger partial charge is 0.303 e. The maximum absolute atomic E-state index is 13.6. The second-order valence-electron chi connectivity index (χ2n) is 7.91. The van der Waals surface area contributed by atoms with Crippen LogP contribution in [0.3, 0.4) is 0 Å². The molecule has 0 atom stereocenters. The van der Waals surface area contributed by atoms with Crippen LogP contribution in [-0.2, 0) is 16.1 Å². The molecule has 5 rings (SSSR count). The van der Waals surface area contributed by atoms with Crippen molar-refractivity contribution >= 4 is 57.3 Å². The van der Waals surface area contributed by atoms with E-state index in [0.717, 1.165) is 33.6 Å². The second kappa shape index (κ2) is 8.89. The van der Waals surface area contributed by atoms with Crippen LogP contribution in [0, 0.1) is 6.92 Å². The van der Waals surface area contributed by atoms with Gasteiger partial charge in [-0.2, -0.15) is 5.01 Å². The highest BCUT2D eigenvalue weighted by molar-refractivity contribution is 8.26. The molecule has 1 N–H and O–H groups in total. The Morgan fingerprint density at radius 2 is 1.59 bits per heavy atom. The summed E-state index contributed by atoms with van der Waals surface area (Å²) in [5.74, 6) is -1.24. The highest BCUT2D eigenvalue weighted by Gasteiger charge is 2.42. The summed E-state index contributed by atoms with van der Waals surface area (Å²) >= 11 is 6.40. The minimum Gasteiger partial charge on any atom is -0.303 e. The first-order valence-electron chi connectivity index (χ1n) is 10.6. The standard InChI is InChI=1S/C26H19N3O3S2/c1-16-11-13-17(14-12-16)15-28-20-10-6-5-9-19(20)21(24(28)31)22-25(32)29(26(33)34-22)27-23(30)18-7-3-2-4-8-18/h2-14H,15H2,1H3,(H,27,30)/b22-21-. The number of hydrazine groups is 1. The number of anilines is 1. The van der Waals surface area contributed by atoms with Crippen molar-refractivity contribution in [3.63, 3.8) is 0 Å². The number of fused-ring (bicyclic) bond motifs is 1. The molecule has 34 heavy (non-hydrogen) atoms. The second-order valence-corrected chi connectivity index (χ2v) is 9.56. The van der Waals surface area contributed by atoms with Gasteiger partial charge in [-0.3, -0.25) is 19.8 Å². The molecule has 0 saturated carbocycles. The van der Waals surface area contributed by atoms with Crippen LogP contribution in [0.4, 0.5) is 5.69 Å². The number of amides is 3. The summed E-state index contributed by atoms with van der Waals surface area (Å²) in [6.45, 7) is 2.39. The predicted molar refractivity (Wildman–Crippen MR) is 137 cm³/mol. The lowest BCUT2D eigenvalue weighted by Crippen LogP contribution is -2.45. The highest BCUT2D eigenvalue weighted by Crippen LogP contribution is 2.44. The number of rotatable bonds is 4. The molecule has 3 aromatic carbocycles. The number of aryl methyl sites for hydroxylation is 1. The number of nitrogens with zero attached hydrogens (tertiary/aromatic N) is 2. The van der Waals surface area contributed by atoms with E-state index < -0.39 is 11.8 Å². The minimum atomic E-state index is -0.519. The first kappa shape index (κ1) is 22.1. The molecule has 0 bridgehead atoms. The zero-order valence-electron chi connectivity index (χ0n) is 18.1. The number of para-hydroxylation sites is 1. The summed E-state index contributed by atoms with van der Waals surface area (Å²) in [5, 5.41) is 1.04. The molecule has 0 aliphatic carbocycles. The van der Waals surface area contributed by atoms with Gasteiger partial charge in [0.25, 0.3) is 17.7 Å². The zero-order chi connectivity index (χ0) is 23.8. The Hall–Kier alpha value is -3.75. The van der Waals surface area contributed by atoms with Gasteiger partial charge in [0.2, 0.25) is 0 Å². The maximum atomic E-state index is 13.6. The number of hydrogen-bond acceptors (Lipinski definition) is 5. The third-order valence-electron chi connectivity index (χ3n) is 5.63. The Bertz CT molecular complexity index is 1370. The van der Waals surface area contributed by atoms with Crippen molar-refractivity contribution in [1.29, 1.82) is 0 Å². The average molecular weight is 486 g/mol. The Labute approximate surface area is 206 Å². The van der Waals surface area contributed by atoms with Gasteiger partial charge in [-0.1, -0.05) is 78.0 Å². The monoisotopic (exact) mass is 485 g/mol. The van der Waals surface area contributed by atoms with Crippen LogP contribution in [0.2, 0.25) is 0 Å². The van der Waals surface area contributed by atoms with E-state index in [1.165, 1.54) is 0 Å². The molecule has 0 radical (unpaired) electrons. The number of thiocarbonyl (C=S) groups is 1. The van der Waals surface area contributed by atoms with Crippen LogP contribution in [0.5, 0.6) is 0 Å². The van der Waals surface area contributed by atoms with Gasteiger partial charge in [0.15, 0.2) is 4.32 Å². The number of thioether (sulfide) groups is 1. The number of nitrogens with one attached hydrogen (secondary N) is 1. The van der Waals surface area contributed by atoms with Crippen molar-refractivity contribution in [3.8, 4) is 0 Å². The Morgan fingerprint density at radius 1 is 0.912 bits per heavy atom. The van der Waals surface area contributed by atoms with Crippen LogP contribution >= 0.6 is 24.0 Å². The number of benzene rings is 3. The van der Waals surface area contributed by atoms with E-state index in [2.05, 4.69) is 5.43 Å². The van der Waals surface area contributed by atoms with E-state index in [9.17, 15) is 14.4 Å². The van der Waals surface area contributed by atoms with E-state index in [1.807, 2.05) is 55.5 Å². The zero-order valence-corrected chi connectivity index (χ0v) is 19.8. The quantitative estimate of drug-likeness (QED) is 0.437. The molecule has 0 spiro atoms. The van der Waals surface area contributed by atoms with Crippen LogP contribution in [0.25, 0.3) is 5.57 Å². The molecule has 0 unspecified atom stereocenters. The van der Waals surface area contributed by atoms with E-state index in [-0.39, 0.29) is 15.1 Å². The van der Waals surface area contributed by atoms with E-state index >= 15 is 0 Å². The van der Waals surface area contributed by atoms with Crippen LogP contribution in [0.1, 0.15) is 27.0 Å². The summed E-state index contributed by atoms with van der Waals surface area (Å²) in [5.41, 5.74) is 6.80. The normalized spacial score (nSPS) is 17.4. The van der Waals surface area contributed by atoms with Crippen LogP contribution < -0.4 is 10.3 Å². The van der Waals surface area contributed by atoms with Crippen LogP contribution in [0.15, 0.2) is 83.8 Å². The Kier molecular flexibility index (Phi) is 5.77. The molecular formula is C26H19N3O3S2. The molecule has 1 fully saturated rings. The lowest BCUT2D eigenvalue weighted by atomic mass is 10.1. The lowest BCUT2D eigenvalue weighted by molar-refractivity contribution is -0.124. The first-order chi connectivity index (χ1) is 16.4. The first-order valence-corrected chi connectivity index (χ1v) is 11.8. The third kappa shape index (κ3) is 3.91. The Balaban J connectivity index is 1.48. The van der Waals surface area contributed by atoms with Crippen LogP contribution in [-0.4, -0.2) is 27.1 Å². The van der Waals surface area contributed by atoms with E-state index in [0.29, 0.717) is 23.2 Å². The van der Waals surface area contributed by atoms with Gasteiger partial charge in [-0.15, -0.1) is 0 Å². The number of hydrogen-bond donors (Lipinski definition) is 1. The van der Waals surface area contributed by atoms with Gasteiger partial charge >= 0.3 is 0 Å². The van der Waals surface area contributed by atoms with Gasteiger partial charge in [0, 0.05) is 11.1 Å². The molecule has 6 nitrogen and oxygen atoms in total. The minimum absolute atomic E-state index is 0.166. The van der Waals surface area contributed by atoms with Gasteiger partial charge in [-0.25, -0.2) is 0 Å². The van der Waals surface area contributed by atoms with Crippen molar-refractivity contribution in [3.05, 3.63) is 106 Å². The topological polar surface area (TPSA) is 69.7 Å². The number of carbonyl (C=O) groups excluding carboxylic acids is 3. The SMILES string of the molecule is Cc1ccc(CN2C(=O)/C(=C3\SC(=S)N(NC(=O)c4ccccc4)C3=O)c3ccccc32)cc1. The Morgan fingerprint density at radius 3 is 2.32 bits per heavy atom. The van der Waals surface area contributed by atoms with Crippen molar-refractivity contribution < 1.29 is 14.4 Å². The predicted octanol–water partition coefficient (Wildman–Crippen LogP) is 4.46. The fourth-order valence-corrected chi connectivity index (χ4v) is 5.15.